The summed E-state index contributed by atoms with van der Waals surface area (Å²) in [5.74, 6) is 0.186. The Hall–Kier alpha value is -1.44. The van der Waals surface area contributed by atoms with Crippen molar-refractivity contribution in [3.63, 3.8) is 0 Å². The fourth-order valence-corrected chi connectivity index (χ4v) is 2.92. The Morgan fingerprint density at radius 3 is 2.74 bits per heavy atom. The van der Waals surface area contributed by atoms with Crippen molar-refractivity contribution in [3.8, 4) is 0 Å². The molecule has 1 aromatic heterocycles. The average molecular weight is 382 g/mol. The molecule has 1 fully saturated rings. The summed E-state index contributed by atoms with van der Waals surface area (Å²) in [5.41, 5.74) is -0.321. The van der Waals surface area contributed by atoms with Gasteiger partial charge in [0.15, 0.2) is 6.29 Å². The first-order valence-electron chi connectivity index (χ1n) is 9.93. The Bertz CT molecular complexity index is 606. The third kappa shape index (κ3) is 6.30. The number of hydrogen-bond acceptors (Lipinski definition) is 6. The molecule has 1 aliphatic heterocycles. The molecule has 2 N–H and O–H groups in total. The Balaban J connectivity index is 1.93. The van der Waals surface area contributed by atoms with E-state index in [9.17, 15) is 4.79 Å². The number of hydrogen-bond donors (Lipinski definition) is 2. The molecule has 1 amide bonds. The molecule has 0 saturated carbocycles. The summed E-state index contributed by atoms with van der Waals surface area (Å²) in [6.45, 7) is 13.1. The van der Waals surface area contributed by atoms with Crippen LogP contribution in [0.15, 0.2) is 10.6 Å². The highest BCUT2D eigenvalue weighted by atomic mass is 16.7. The molecule has 0 spiro atoms. The van der Waals surface area contributed by atoms with E-state index in [1.807, 2.05) is 27.7 Å². The molecular weight excluding hydrogens is 346 g/mol. The second-order valence-corrected chi connectivity index (χ2v) is 8.60. The summed E-state index contributed by atoms with van der Waals surface area (Å²) in [6, 6.07) is 2.01. The largest absolute Gasteiger partial charge is 0.353 e. The van der Waals surface area contributed by atoms with Gasteiger partial charge in [-0.1, -0.05) is 25.9 Å². The van der Waals surface area contributed by atoms with Crippen LogP contribution in [0.3, 0.4) is 0 Å². The van der Waals surface area contributed by atoms with Gasteiger partial charge in [-0.25, -0.2) is 0 Å². The Morgan fingerprint density at radius 1 is 1.37 bits per heavy atom. The van der Waals surface area contributed by atoms with Crippen LogP contribution in [0.2, 0.25) is 0 Å². The highest BCUT2D eigenvalue weighted by Crippen LogP contribution is 2.27. The minimum absolute atomic E-state index is 0.142. The number of carbonyl (C=O) groups is 1. The lowest BCUT2D eigenvalue weighted by molar-refractivity contribution is -0.170. The molecular formula is C20H35N3O4. The van der Waals surface area contributed by atoms with E-state index in [0.29, 0.717) is 12.5 Å². The molecule has 27 heavy (non-hydrogen) atoms. The second kappa shape index (κ2) is 9.17. The van der Waals surface area contributed by atoms with E-state index in [2.05, 4.69) is 29.6 Å². The van der Waals surface area contributed by atoms with Crippen molar-refractivity contribution in [2.45, 2.75) is 90.5 Å². The van der Waals surface area contributed by atoms with E-state index in [0.717, 1.165) is 38.0 Å². The monoisotopic (exact) mass is 381 g/mol. The maximum Gasteiger partial charge on any atom is 0.246 e. The number of nitrogens with zero attached hydrogens (tertiary/aromatic N) is 1. The summed E-state index contributed by atoms with van der Waals surface area (Å²) in [5, 5.41) is 10.3. The zero-order valence-electron chi connectivity index (χ0n) is 17.6. The highest BCUT2D eigenvalue weighted by Gasteiger charge is 2.31. The number of aromatic nitrogens is 1. The van der Waals surface area contributed by atoms with Crippen molar-refractivity contribution >= 4 is 11.8 Å². The third-order valence-electron chi connectivity index (χ3n) is 5.00. The smallest absolute Gasteiger partial charge is 0.246 e. The quantitative estimate of drug-likeness (QED) is 0.680. The lowest BCUT2D eigenvalue weighted by atomic mass is 9.90. The Kier molecular flexibility index (Phi) is 7.42. The van der Waals surface area contributed by atoms with Crippen molar-refractivity contribution in [1.82, 2.24) is 10.5 Å². The highest BCUT2D eigenvalue weighted by molar-refractivity contribution is 5.96. The summed E-state index contributed by atoms with van der Waals surface area (Å²) in [6.07, 6.45) is 3.96. The van der Waals surface area contributed by atoms with Gasteiger partial charge in [0.1, 0.15) is 0 Å². The van der Waals surface area contributed by atoms with Gasteiger partial charge in [-0.3, -0.25) is 10.1 Å². The lowest BCUT2D eigenvalue weighted by Gasteiger charge is -2.28. The maximum absolute atomic E-state index is 12.6. The van der Waals surface area contributed by atoms with Gasteiger partial charge in [-0.2, -0.15) is 0 Å². The van der Waals surface area contributed by atoms with Crippen LogP contribution in [0.4, 0.5) is 5.88 Å². The first-order valence-corrected chi connectivity index (χ1v) is 9.93. The van der Waals surface area contributed by atoms with Crippen molar-refractivity contribution in [2.75, 3.05) is 18.5 Å². The minimum atomic E-state index is -0.709. The summed E-state index contributed by atoms with van der Waals surface area (Å²) in [7, 11) is 0. The Morgan fingerprint density at radius 2 is 2.11 bits per heavy atom. The third-order valence-corrected chi connectivity index (χ3v) is 5.00. The van der Waals surface area contributed by atoms with E-state index in [1.54, 1.807) is 6.07 Å². The predicted octanol–water partition coefficient (Wildman–Crippen LogP) is 3.60. The van der Waals surface area contributed by atoms with Crippen molar-refractivity contribution in [3.05, 3.63) is 11.8 Å². The molecule has 1 aliphatic rings. The zero-order valence-corrected chi connectivity index (χ0v) is 17.6. The van der Waals surface area contributed by atoms with Crippen LogP contribution in [0.5, 0.6) is 0 Å². The van der Waals surface area contributed by atoms with Crippen LogP contribution < -0.4 is 10.6 Å². The molecule has 0 aliphatic carbocycles. The lowest BCUT2D eigenvalue weighted by Crippen LogP contribution is -2.53. The normalized spacial score (nSPS) is 19.7. The number of ether oxygens (including phenoxy) is 2. The van der Waals surface area contributed by atoms with Crippen LogP contribution in [0, 0.1) is 0 Å². The fourth-order valence-electron chi connectivity index (χ4n) is 2.92. The number of amides is 1. The number of rotatable bonds is 9. The average Bonchev–Trinajstić information content (AvgIpc) is 3.10. The van der Waals surface area contributed by atoms with E-state index in [-0.39, 0.29) is 23.7 Å². The van der Waals surface area contributed by atoms with Crippen LogP contribution in [0.25, 0.3) is 0 Å². The van der Waals surface area contributed by atoms with Gasteiger partial charge in [0.25, 0.3) is 0 Å². The Labute approximate surface area is 162 Å². The first-order chi connectivity index (χ1) is 12.6. The van der Waals surface area contributed by atoms with Crippen LogP contribution in [-0.4, -0.2) is 42.1 Å². The predicted molar refractivity (Wildman–Crippen MR) is 105 cm³/mol. The van der Waals surface area contributed by atoms with E-state index in [1.165, 1.54) is 0 Å². The molecule has 1 saturated heterocycles. The van der Waals surface area contributed by atoms with Gasteiger partial charge in [-0.05, 0) is 46.5 Å². The number of carbonyl (C=O) groups excluding carboxylic acids is 1. The SMILES string of the molecule is CCC(C)NC(C)(C)C(=O)Nc1cc(C(C)(C)COC2CCCCO2)no1. The molecule has 7 nitrogen and oxygen atoms in total. The molecule has 0 radical (unpaired) electrons. The zero-order chi connectivity index (χ0) is 20.1. The molecule has 0 bridgehead atoms. The number of nitrogens with one attached hydrogen (secondary N) is 2. The van der Waals surface area contributed by atoms with Gasteiger partial charge in [0, 0.05) is 24.1 Å². The number of anilines is 1. The molecule has 1 aromatic rings. The van der Waals surface area contributed by atoms with Crippen molar-refractivity contribution in [2.24, 2.45) is 0 Å². The van der Waals surface area contributed by atoms with Crippen LogP contribution >= 0.6 is 0 Å². The van der Waals surface area contributed by atoms with Crippen molar-refractivity contribution < 1.29 is 18.8 Å². The topological polar surface area (TPSA) is 85.6 Å². The minimum Gasteiger partial charge on any atom is -0.353 e. The molecule has 2 unspecified atom stereocenters. The molecule has 2 atom stereocenters. The molecule has 2 rings (SSSR count). The van der Waals surface area contributed by atoms with Gasteiger partial charge in [0.05, 0.1) is 17.8 Å². The van der Waals surface area contributed by atoms with Gasteiger partial charge in [-0.15, -0.1) is 0 Å². The summed E-state index contributed by atoms with van der Waals surface area (Å²) in [4.78, 5) is 12.6. The summed E-state index contributed by atoms with van der Waals surface area (Å²) >= 11 is 0. The van der Waals surface area contributed by atoms with Crippen LogP contribution in [0.1, 0.15) is 72.9 Å². The van der Waals surface area contributed by atoms with E-state index >= 15 is 0 Å². The molecule has 2 heterocycles. The first kappa shape index (κ1) is 21.9. The molecule has 154 valence electrons. The van der Waals surface area contributed by atoms with E-state index in [4.69, 9.17) is 14.0 Å². The van der Waals surface area contributed by atoms with Crippen molar-refractivity contribution in [1.29, 1.82) is 0 Å². The van der Waals surface area contributed by atoms with E-state index < -0.39 is 5.54 Å². The maximum atomic E-state index is 12.6. The fraction of sp³-hybridized carbons (Fsp3) is 0.800. The molecule has 7 heteroatoms. The van der Waals surface area contributed by atoms with Gasteiger partial charge in [0.2, 0.25) is 11.8 Å². The van der Waals surface area contributed by atoms with Gasteiger partial charge < -0.3 is 19.3 Å². The standard InChI is InChI=1S/C20H35N3O4/c1-7-14(2)22-20(5,6)18(24)21-16-12-15(23-27-16)19(3,4)13-26-17-10-8-9-11-25-17/h12,14,17,22H,7-11,13H2,1-6H3,(H,21,24). The van der Waals surface area contributed by atoms with Crippen LogP contribution in [-0.2, 0) is 19.7 Å². The van der Waals surface area contributed by atoms with Gasteiger partial charge >= 0.3 is 0 Å². The molecule has 0 aromatic carbocycles. The second-order valence-electron chi connectivity index (χ2n) is 8.60. The summed E-state index contributed by atoms with van der Waals surface area (Å²) < 4.78 is 16.9.